The van der Waals surface area contributed by atoms with Gasteiger partial charge in [0, 0.05) is 6.54 Å². The van der Waals surface area contributed by atoms with Crippen molar-refractivity contribution >= 4 is 5.97 Å². The summed E-state index contributed by atoms with van der Waals surface area (Å²) in [5, 5.41) is 3.33. The Morgan fingerprint density at radius 2 is 2.10 bits per heavy atom. The van der Waals surface area contributed by atoms with Crippen molar-refractivity contribution in [2.45, 2.75) is 65.3 Å². The van der Waals surface area contributed by atoms with E-state index >= 15 is 0 Å². The van der Waals surface area contributed by atoms with E-state index in [4.69, 9.17) is 4.74 Å². The molecule has 1 aliphatic rings. The summed E-state index contributed by atoms with van der Waals surface area (Å²) in [6.45, 7) is 11.0. The highest BCUT2D eigenvalue weighted by atomic mass is 16.5. The summed E-state index contributed by atoms with van der Waals surface area (Å²) < 4.78 is 5.18. The molecule has 0 saturated carbocycles. The molecule has 1 rings (SSSR count). The molecule has 124 valence electrons. The van der Waals surface area contributed by atoms with Crippen molar-refractivity contribution in [2.24, 2.45) is 5.92 Å². The average Bonchev–Trinajstić information content (AvgIpc) is 2.72. The summed E-state index contributed by atoms with van der Waals surface area (Å²) >= 11 is 0. The zero-order valence-corrected chi connectivity index (χ0v) is 14.2. The minimum atomic E-state index is -0.143. The van der Waals surface area contributed by atoms with Gasteiger partial charge in [0.1, 0.15) is 6.04 Å². The molecule has 0 aromatic rings. The third-order valence-corrected chi connectivity index (χ3v) is 4.46. The van der Waals surface area contributed by atoms with Gasteiger partial charge in [0.15, 0.2) is 0 Å². The van der Waals surface area contributed by atoms with Crippen molar-refractivity contribution in [2.75, 3.05) is 32.8 Å². The maximum absolute atomic E-state index is 12.0. The largest absolute Gasteiger partial charge is 0.465 e. The van der Waals surface area contributed by atoms with Crippen LogP contribution in [0.5, 0.6) is 0 Å². The van der Waals surface area contributed by atoms with Crippen molar-refractivity contribution in [1.82, 2.24) is 10.2 Å². The number of hydrogen-bond donors (Lipinski definition) is 1. The molecule has 0 aromatic heterocycles. The lowest BCUT2D eigenvalue weighted by molar-refractivity contribution is -0.145. The Morgan fingerprint density at radius 1 is 1.29 bits per heavy atom. The van der Waals surface area contributed by atoms with Crippen LogP contribution in [0.1, 0.15) is 59.3 Å². The topological polar surface area (TPSA) is 41.6 Å². The molecule has 0 radical (unpaired) electrons. The molecule has 4 nitrogen and oxygen atoms in total. The molecule has 4 heteroatoms. The highest BCUT2D eigenvalue weighted by molar-refractivity contribution is 5.75. The van der Waals surface area contributed by atoms with Crippen LogP contribution in [-0.4, -0.2) is 49.7 Å². The molecule has 2 unspecified atom stereocenters. The van der Waals surface area contributed by atoms with E-state index in [0.717, 1.165) is 31.8 Å². The first-order valence-electron chi connectivity index (χ1n) is 8.83. The molecular weight excluding hydrogens is 264 g/mol. The van der Waals surface area contributed by atoms with Crippen molar-refractivity contribution in [3.05, 3.63) is 0 Å². The van der Waals surface area contributed by atoms with Crippen LogP contribution in [0.3, 0.4) is 0 Å². The number of carbonyl (C=O) groups is 1. The quantitative estimate of drug-likeness (QED) is 0.665. The van der Waals surface area contributed by atoms with Crippen LogP contribution >= 0.6 is 0 Å². The van der Waals surface area contributed by atoms with Gasteiger partial charge < -0.3 is 15.0 Å². The second-order valence-corrected chi connectivity index (χ2v) is 6.09. The average molecular weight is 298 g/mol. The van der Waals surface area contributed by atoms with E-state index in [1.165, 1.54) is 38.8 Å². The summed E-state index contributed by atoms with van der Waals surface area (Å²) in [4.78, 5) is 14.5. The predicted molar refractivity (Wildman–Crippen MR) is 87.4 cm³/mol. The van der Waals surface area contributed by atoms with Gasteiger partial charge in [0.2, 0.25) is 0 Å². The van der Waals surface area contributed by atoms with Crippen LogP contribution in [0, 0.1) is 5.92 Å². The lowest BCUT2D eigenvalue weighted by atomic mass is 9.98. The second kappa shape index (κ2) is 11.0. The molecule has 2 atom stereocenters. The van der Waals surface area contributed by atoms with Gasteiger partial charge in [-0.15, -0.1) is 0 Å². The molecule has 21 heavy (non-hydrogen) atoms. The van der Waals surface area contributed by atoms with Gasteiger partial charge in [0.25, 0.3) is 0 Å². The number of esters is 1. The molecule has 1 saturated heterocycles. The fourth-order valence-electron chi connectivity index (χ4n) is 3.03. The Morgan fingerprint density at radius 3 is 2.76 bits per heavy atom. The third kappa shape index (κ3) is 7.28. The second-order valence-electron chi connectivity index (χ2n) is 6.09. The minimum Gasteiger partial charge on any atom is -0.465 e. The van der Waals surface area contributed by atoms with E-state index in [1.54, 1.807) is 0 Å². The van der Waals surface area contributed by atoms with E-state index in [2.05, 4.69) is 24.1 Å². The molecule has 1 heterocycles. The number of ether oxygens (including phenoxy) is 1. The third-order valence-electron chi connectivity index (χ3n) is 4.46. The van der Waals surface area contributed by atoms with Crippen LogP contribution in [0.2, 0.25) is 0 Å². The lowest BCUT2D eigenvalue weighted by Crippen LogP contribution is -2.41. The molecule has 0 aliphatic carbocycles. The van der Waals surface area contributed by atoms with E-state index in [-0.39, 0.29) is 12.0 Å². The van der Waals surface area contributed by atoms with Crippen LogP contribution in [-0.2, 0) is 9.53 Å². The zero-order chi connectivity index (χ0) is 15.5. The lowest BCUT2D eigenvalue weighted by Gasteiger charge is -2.23. The van der Waals surface area contributed by atoms with Gasteiger partial charge in [-0.05, 0) is 64.6 Å². The summed E-state index contributed by atoms with van der Waals surface area (Å²) in [6.07, 6.45) is 7.17. The Kier molecular flexibility index (Phi) is 9.68. The van der Waals surface area contributed by atoms with Crippen molar-refractivity contribution in [3.63, 3.8) is 0 Å². The van der Waals surface area contributed by atoms with Crippen molar-refractivity contribution < 1.29 is 9.53 Å². The highest BCUT2D eigenvalue weighted by Crippen LogP contribution is 2.20. The molecule has 1 aliphatic heterocycles. The normalized spacial score (nSPS) is 21.8. The van der Waals surface area contributed by atoms with Crippen LogP contribution < -0.4 is 5.32 Å². The summed E-state index contributed by atoms with van der Waals surface area (Å²) in [5.41, 5.74) is 0. The van der Waals surface area contributed by atoms with Gasteiger partial charge in [-0.3, -0.25) is 4.79 Å². The molecule has 0 spiro atoms. The molecule has 0 aromatic carbocycles. The Balaban J connectivity index is 2.38. The van der Waals surface area contributed by atoms with Gasteiger partial charge in [-0.2, -0.15) is 0 Å². The number of nitrogens with zero attached hydrogens (tertiary/aromatic N) is 1. The Bertz CT molecular complexity index is 284. The van der Waals surface area contributed by atoms with E-state index in [0.29, 0.717) is 6.61 Å². The van der Waals surface area contributed by atoms with Crippen molar-refractivity contribution in [1.29, 1.82) is 0 Å². The molecule has 0 amide bonds. The fourth-order valence-corrected chi connectivity index (χ4v) is 3.03. The molecular formula is C17H34N2O2. The van der Waals surface area contributed by atoms with E-state index in [9.17, 15) is 4.79 Å². The Labute approximate surface area is 130 Å². The van der Waals surface area contributed by atoms with Crippen LogP contribution in [0.15, 0.2) is 0 Å². The minimum absolute atomic E-state index is 0.0905. The number of rotatable bonds is 9. The number of nitrogens with one attached hydrogen (secondary N) is 1. The van der Waals surface area contributed by atoms with Gasteiger partial charge in [0.05, 0.1) is 6.61 Å². The predicted octanol–water partition coefficient (Wildman–Crippen LogP) is 2.82. The smallest absolute Gasteiger partial charge is 0.323 e. The first-order valence-corrected chi connectivity index (χ1v) is 8.83. The van der Waals surface area contributed by atoms with Crippen LogP contribution in [0.4, 0.5) is 0 Å². The summed E-state index contributed by atoms with van der Waals surface area (Å²) in [6, 6.07) is -0.143. The van der Waals surface area contributed by atoms with Crippen LogP contribution in [0.25, 0.3) is 0 Å². The Hall–Kier alpha value is -0.610. The monoisotopic (exact) mass is 298 g/mol. The zero-order valence-electron chi connectivity index (χ0n) is 14.2. The van der Waals surface area contributed by atoms with E-state index < -0.39 is 0 Å². The first kappa shape index (κ1) is 18.4. The van der Waals surface area contributed by atoms with Gasteiger partial charge >= 0.3 is 5.97 Å². The first-order chi connectivity index (χ1) is 10.2. The molecule has 1 N–H and O–H groups in total. The number of hydrogen-bond acceptors (Lipinski definition) is 4. The maximum atomic E-state index is 12.0. The van der Waals surface area contributed by atoms with Gasteiger partial charge in [-0.1, -0.05) is 20.3 Å². The summed E-state index contributed by atoms with van der Waals surface area (Å²) in [5.74, 6) is 0.807. The fraction of sp³-hybridized carbons (Fsp3) is 0.941. The maximum Gasteiger partial charge on any atom is 0.323 e. The van der Waals surface area contributed by atoms with E-state index in [1.807, 2.05) is 6.92 Å². The SMILES string of the molecule is CCCNC(CCN1CCCC(CC)CC1)C(=O)OCC. The summed E-state index contributed by atoms with van der Waals surface area (Å²) in [7, 11) is 0. The standard InChI is InChI=1S/C17H34N2O2/c1-4-11-18-16(17(20)21-6-3)10-14-19-12-7-8-15(5-2)9-13-19/h15-16,18H,4-14H2,1-3H3. The number of carbonyl (C=O) groups excluding carboxylic acids is 1. The van der Waals surface area contributed by atoms with Crippen molar-refractivity contribution in [3.8, 4) is 0 Å². The highest BCUT2D eigenvalue weighted by Gasteiger charge is 2.21. The van der Waals surface area contributed by atoms with Gasteiger partial charge in [-0.25, -0.2) is 0 Å². The number of likely N-dealkylation sites (tertiary alicyclic amines) is 1. The molecule has 1 fully saturated rings. The molecule has 0 bridgehead atoms.